The fourth-order valence-electron chi connectivity index (χ4n) is 7.06. The van der Waals surface area contributed by atoms with Crippen LogP contribution in [0, 0.1) is 12.8 Å². The van der Waals surface area contributed by atoms with E-state index in [2.05, 4.69) is 16.0 Å². The summed E-state index contributed by atoms with van der Waals surface area (Å²) in [6, 6.07) is 9.67. The SMILES string of the molecule is COc1cc(C(=O)N2[C@H]3CC[C@@H]2[C@H](N)C3)cc2nc(-c3cc4ccc([C@@H](C)NC(=O)C(C)(C)O)nc4n3CC3CC3)c(C)n12. The van der Waals surface area contributed by atoms with Crippen molar-refractivity contribution in [1.82, 2.24) is 29.2 Å². The molecule has 2 saturated heterocycles. The summed E-state index contributed by atoms with van der Waals surface area (Å²) >= 11 is 0. The van der Waals surface area contributed by atoms with Crippen LogP contribution in [-0.4, -0.2) is 71.6 Å². The molecule has 0 radical (unpaired) electrons. The summed E-state index contributed by atoms with van der Waals surface area (Å²) in [6.45, 7) is 7.63. The molecule has 3 aliphatic rings. The standard InChI is InChI=1S/C33H41N7O4/c1-17(35-32(42)33(3,4)43)24-10-8-20-12-26(38(30(20)36-24)16-19-6-7-19)29-18(2)39-27(37-29)13-21(14-28(39)44-5)31(41)40-22-9-11-25(40)23(34)15-22/h8,10,12-14,17,19,22-23,25,43H,6-7,9,11,15-16,34H2,1-5H3,(H,35,42)/t17-,22+,23-,25-/m1/s1. The van der Waals surface area contributed by atoms with Crippen molar-refractivity contribution < 1.29 is 19.4 Å². The highest BCUT2D eigenvalue weighted by molar-refractivity contribution is 5.97. The first kappa shape index (κ1) is 28.8. The Balaban J connectivity index is 1.30. The first-order valence-corrected chi connectivity index (χ1v) is 15.6. The number of nitrogens with two attached hydrogens (primary N) is 1. The van der Waals surface area contributed by atoms with E-state index in [4.69, 9.17) is 20.4 Å². The van der Waals surface area contributed by atoms with Gasteiger partial charge in [-0.15, -0.1) is 0 Å². The lowest BCUT2D eigenvalue weighted by Crippen LogP contribution is -2.43. The van der Waals surface area contributed by atoms with Crippen LogP contribution < -0.4 is 15.8 Å². The van der Waals surface area contributed by atoms with Gasteiger partial charge in [0.05, 0.1) is 30.2 Å². The normalized spacial score (nSPS) is 22.2. The number of hydrogen-bond acceptors (Lipinski definition) is 7. The highest BCUT2D eigenvalue weighted by Crippen LogP contribution is 2.40. The molecular weight excluding hydrogens is 558 g/mol. The maximum atomic E-state index is 13.8. The largest absolute Gasteiger partial charge is 0.482 e. The number of nitrogens with one attached hydrogen (secondary N) is 1. The molecule has 4 aromatic rings. The third kappa shape index (κ3) is 4.73. The second-order valence-corrected chi connectivity index (χ2v) is 13.4. The van der Waals surface area contributed by atoms with Crippen molar-refractivity contribution in [2.24, 2.45) is 11.7 Å². The molecule has 1 aliphatic carbocycles. The Kier molecular flexibility index (Phi) is 6.74. The van der Waals surface area contributed by atoms with Crippen LogP contribution in [0.5, 0.6) is 5.88 Å². The van der Waals surface area contributed by atoms with Crippen molar-refractivity contribution in [3.8, 4) is 17.3 Å². The van der Waals surface area contributed by atoms with Gasteiger partial charge in [-0.25, -0.2) is 9.97 Å². The second-order valence-electron chi connectivity index (χ2n) is 13.4. The Morgan fingerprint density at radius 1 is 1.16 bits per heavy atom. The topological polar surface area (TPSA) is 140 Å². The van der Waals surface area contributed by atoms with Gasteiger partial charge >= 0.3 is 0 Å². The summed E-state index contributed by atoms with van der Waals surface area (Å²) < 4.78 is 10.0. The van der Waals surface area contributed by atoms with E-state index in [9.17, 15) is 14.7 Å². The fraction of sp³-hybridized carbons (Fsp3) is 0.515. The van der Waals surface area contributed by atoms with Gasteiger partial charge < -0.3 is 30.4 Å². The molecule has 11 heteroatoms. The van der Waals surface area contributed by atoms with Crippen molar-refractivity contribution in [3.05, 3.63) is 47.3 Å². The average molecular weight is 600 g/mol. The van der Waals surface area contributed by atoms with Gasteiger partial charge in [0.2, 0.25) is 0 Å². The number of hydrogen-bond donors (Lipinski definition) is 3. The van der Waals surface area contributed by atoms with Gasteiger partial charge in [-0.3, -0.25) is 14.0 Å². The fourth-order valence-corrected chi connectivity index (χ4v) is 7.06. The zero-order valence-corrected chi connectivity index (χ0v) is 26.0. The Hall–Kier alpha value is -3.96. The van der Waals surface area contributed by atoms with E-state index >= 15 is 0 Å². The first-order chi connectivity index (χ1) is 20.9. The predicted octanol–water partition coefficient (Wildman–Crippen LogP) is 3.73. The number of aromatic nitrogens is 4. The van der Waals surface area contributed by atoms with Crippen LogP contribution >= 0.6 is 0 Å². The summed E-state index contributed by atoms with van der Waals surface area (Å²) in [5.41, 5.74) is 10.3. The van der Waals surface area contributed by atoms with E-state index in [1.807, 2.05) is 47.4 Å². The lowest BCUT2D eigenvalue weighted by atomic mass is 9.97. The maximum absolute atomic E-state index is 13.8. The van der Waals surface area contributed by atoms with E-state index in [1.54, 1.807) is 7.11 Å². The number of amides is 2. The second kappa shape index (κ2) is 10.3. The minimum atomic E-state index is -1.48. The van der Waals surface area contributed by atoms with Gasteiger partial charge in [0.15, 0.2) is 5.88 Å². The Morgan fingerprint density at radius 2 is 1.93 bits per heavy atom. The molecule has 44 heavy (non-hydrogen) atoms. The van der Waals surface area contributed by atoms with Crippen molar-refractivity contribution in [3.63, 3.8) is 0 Å². The van der Waals surface area contributed by atoms with Gasteiger partial charge in [-0.05, 0) is 90.0 Å². The Morgan fingerprint density at radius 3 is 2.57 bits per heavy atom. The zero-order valence-electron chi connectivity index (χ0n) is 26.0. The Bertz CT molecular complexity index is 1800. The smallest absolute Gasteiger partial charge is 0.254 e. The van der Waals surface area contributed by atoms with Gasteiger partial charge in [0, 0.05) is 41.7 Å². The summed E-state index contributed by atoms with van der Waals surface area (Å²) in [5, 5.41) is 14.0. The molecule has 4 N–H and O–H groups in total. The number of aryl methyl sites for hydroxylation is 1. The Labute approximate surface area is 256 Å². The van der Waals surface area contributed by atoms with Crippen molar-refractivity contribution >= 4 is 28.5 Å². The van der Waals surface area contributed by atoms with Crippen molar-refractivity contribution in [2.45, 2.75) is 96.1 Å². The average Bonchev–Trinajstić information content (AvgIpc) is 3.31. The molecule has 0 aromatic carbocycles. The quantitative estimate of drug-likeness (QED) is 0.280. The molecule has 2 amide bonds. The number of nitrogens with zero attached hydrogens (tertiary/aromatic N) is 5. The monoisotopic (exact) mass is 599 g/mol. The van der Waals surface area contributed by atoms with Crippen LogP contribution in [0.2, 0.25) is 0 Å². The van der Waals surface area contributed by atoms with Crippen LogP contribution in [-0.2, 0) is 11.3 Å². The van der Waals surface area contributed by atoms with Gasteiger partial charge in [0.1, 0.15) is 22.6 Å². The van der Waals surface area contributed by atoms with Crippen LogP contribution in [0.25, 0.3) is 28.1 Å². The first-order valence-electron chi connectivity index (χ1n) is 15.6. The number of rotatable bonds is 8. The molecule has 2 aliphatic heterocycles. The van der Waals surface area contributed by atoms with Crippen molar-refractivity contribution in [2.75, 3.05) is 7.11 Å². The highest BCUT2D eigenvalue weighted by atomic mass is 16.5. The van der Waals surface area contributed by atoms with Crippen LogP contribution in [0.1, 0.15) is 80.7 Å². The number of pyridine rings is 2. The van der Waals surface area contributed by atoms with E-state index in [1.165, 1.54) is 26.7 Å². The molecule has 0 unspecified atom stereocenters. The number of aliphatic hydroxyl groups is 1. The lowest BCUT2D eigenvalue weighted by Gasteiger charge is -2.23. The van der Waals surface area contributed by atoms with Crippen LogP contribution in [0.15, 0.2) is 30.3 Å². The van der Waals surface area contributed by atoms with Gasteiger partial charge in [-0.1, -0.05) is 0 Å². The summed E-state index contributed by atoms with van der Waals surface area (Å²) in [4.78, 5) is 38.3. The number of ether oxygens (including phenoxy) is 1. The molecular formula is C33H41N7O4. The predicted molar refractivity (Wildman–Crippen MR) is 166 cm³/mol. The van der Waals surface area contributed by atoms with E-state index in [0.29, 0.717) is 28.7 Å². The zero-order chi connectivity index (χ0) is 31.1. The molecule has 4 aromatic heterocycles. The van der Waals surface area contributed by atoms with E-state index in [0.717, 1.165) is 53.9 Å². The highest BCUT2D eigenvalue weighted by Gasteiger charge is 2.47. The minimum absolute atomic E-state index is 0.0150. The summed E-state index contributed by atoms with van der Waals surface area (Å²) in [6.07, 6.45) is 5.15. The molecule has 232 valence electrons. The molecule has 4 atom stereocenters. The minimum Gasteiger partial charge on any atom is -0.482 e. The third-order valence-corrected chi connectivity index (χ3v) is 9.69. The van der Waals surface area contributed by atoms with Crippen LogP contribution in [0.4, 0.5) is 0 Å². The molecule has 6 heterocycles. The molecule has 11 nitrogen and oxygen atoms in total. The number of imidazole rings is 1. The summed E-state index contributed by atoms with van der Waals surface area (Å²) in [5.74, 6) is 0.659. The molecule has 7 rings (SSSR count). The molecule has 3 fully saturated rings. The van der Waals surface area contributed by atoms with Gasteiger partial charge in [0.25, 0.3) is 11.8 Å². The van der Waals surface area contributed by atoms with Gasteiger partial charge in [-0.2, -0.15) is 0 Å². The van der Waals surface area contributed by atoms with E-state index < -0.39 is 11.5 Å². The maximum Gasteiger partial charge on any atom is 0.254 e. The third-order valence-electron chi connectivity index (χ3n) is 9.69. The number of carbonyl (C=O) groups excluding carboxylic acids is 2. The number of carbonyl (C=O) groups is 2. The molecule has 2 bridgehead atoms. The number of fused-ring (bicyclic) bond motifs is 4. The number of methoxy groups -OCH3 is 1. The molecule has 1 saturated carbocycles. The van der Waals surface area contributed by atoms with E-state index in [-0.39, 0.29) is 30.1 Å². The molecule has 0 spiro atoms. The summed E-state index contributed by atoms with van der Waals surface area (Å²) in [7, 11) is 1.62. The lowest BCUT2D eigenvalue weighted by molar-refractivity contribution is -0.137. The van der Waals surface area contributed by atoms with Crippen molar-refractivity contribution in [1.29, 1.82) is 0 Å². The van der Waals surface area contributed by atoms with Crippen LogP contribution in [0.3, 0.4) is 0 Å².